The number of carbonyl (C=O) groups excluding carboxylic acids is 3. The molecule has 1 unspecified atom stereocenters. The molecule has 0 aromatic heterocycles. The molecular weight excluding hydrogens is 314 g/mol. The van der Waals surface area contributed by atoms with Gasteiger partial charge in [-0.25, -0.2) is 0 Å². The molecule has 1 atom stereocenters. The Morgan fingerprint density at radius 3 is 2.43 bits per heavy atom. The van der Waals surface area contributed by atoms with E-state index in [9.17, 15) is 14.4 Å². The molecule has 0 saturated carbocycles. The minimum Gasteiger partial charge on any atom is -0.368 e. The molecule has 0 heterocycles. The van der Waals surface area contributed by atoms with Gasteiger partial charge in [0.1, 0.15) is 6.04 Å². The number of primary amides is 1. The number of carbonyl (C=O) groups is 3. The first kappa shape index (κ1) is 17.3. The first-order chi connectivity index (χ1) is 9.88. The van der Waals surface area contributed by atoms with E-state index in [0.717, 1.165) is 4.90 Å². The van der Waals surface area contributed by atoms with Crippen molar-refractivity contribution in [2.75, 3.05) is 12.3 Å². The first-order valence-electron chi connectivity index (χ1n) is 6.10. The van der Waals surface area contributed by atoms with E-state index in [0.29, 0.717) is 10.8 Å². The van der Waals surface area contributed by atoms with Crippen molar-refractivity contribution in [2.24, 2.45) is 5.73 Å². The summed E-state index contributed by atoms with van der Waals surface area (Å²) in [6, 6.07) is 6.37. The van der Waals surface area contributed by atoms with Crippen molar-refractivity contribution in [2.45, 2.75) is 17.9 Å². The highest BCUT2D eigenvalue weighted by Gasteiger charge is 2.19. The smallest absolute Gasteiger partial charge is 0.243 e. The second-order valence-corrected chi connectivity index (χ2v) is 5.73. The maximum Gasteiger partial charge on any atom is 0.243 e. The van der Waals surface area contributed by atoms with Gasteiger partial charge in [0.2, 0.25) is 17.7 Å². The minimum absolute atomic E-state index is 0.263. The normalized spacial score (nSPS) is 11.5. The molecule has 0 radical (unpaired) electrons. The Hall–Kier alpha value is -1.73. The van der Waals surface area contributed by atoms with E-state index < -0.39 is 17.9 Å². The highest BCUT2D eigenvalue weighted by Crippen LogP contribution is 2.21. The van der Waals surface area contributed by atoms with Crippen molar-refractivity contribution in [3.8, 4) is 0 Å². The summed E-state index contributed by atoms with van der Waals surface area (Å²) in [5.74, 6) is -1.10. The fourth-order valence-electron chi connectivity index (χ4n) is 1.44. The lowest BCUT2D eigenvalue weighted by molar-refractivity contribution is -0.128. The predicted octanol–water partition coefficient (Wildman–Crippen LogP) is 0.538. The molecule has 0 aliphatic heterocycles. The summed E-state index contributed by atoms with van der Waals surface area (Å²) in [7, 11) is 0. The summed E-state index contributed by atoms with van der Waals surface area (Å²) < 4.78 is 0. The lowest BCUT2D eigenvalue weighted by Crippen LogP contribution is -2.49. The van der Waals surface area contributed by atoms with Crippen LogP contribution < -0.4 is 16.4 Å². The van der Waals surface area contributed by atoms with Gasteiger partial charge in [-0.15, -0.1) is 11.8 Å². The fraction of sp³-hybridized carbons (Fsp3) is 0.308. The van der Waals surface area contributed by atoms with Crippen molar-refractivity contribution in [1.82, 2.24) is 10.6 Å². The summed E-state index contributed by atoms with van der Waals surface area (Å²) in [5, 5.41) is 5.53. The van der Waals surface area contributed by atoms with E-state index in [-0.39, 0.29) is 12.5 Å². The molecular formula is C13H16ClN3O3S. The molecule has 1 aromatic rings. The van der Waals surface area contributed by atoms with Crippen molar-refractivity contribution in [3.05, 3.63) is 29.3 Å². The number of benzene rings is 1. The quantitative estimate of drug-likeness (QED) is 0.635. The molecule has 0 saturated heterocycles. The van der Waals surface area contributed by atoms with Crippen LogP contribution in [0, 0.1) is 0 Å². The second kappa shape index (κ2) is 8.53. The third kappa shape index (κ3) is 7.01. The molecule has 1 rings (SSSR count). The van der Waals surface area contributed by atoms with Crippen LogP contribution in [-0.4, -0.2) is 36.1 Å². The topological polar surface area (TPSA) is 101 Å². The lowest BCUT2D eigenvalue weighted by Gasteiger charge is -2.16. The molecule has 114 valence electrons. The summed E-state index contributed by atoms with van der Waals surface area (Å²) in [6.45, 7) is 1.06. The van der Waals surface area contributed by atoms with E-state index in [2.05, 4.69) is 10.6 Å². The summed E-state index contributed by atoms with van der Waals surface area (Å²) >= 11 is 7.18. The van der Waals surface area contributed by atoms with Gasteiger partial charge in [-0.05, 0) is 24.3 Å². The molecule has 0 bridgehead atoms. The van der Waals surface area contributed by atoms with E-state index in [1.165, 1.54) is 18.7 Å². The molecule has 8 heteroatoms. The number of rotatable bonds is 7. The van der Waals surface area contributed by atoms with Gasteiger partial charge in [0.25, 0.3) is 0 Å². The van der Waals surface area contributed by atoms with Crippen LogP contribution in [-0.2, 0) is 14.4 Å². The largest absolute Gasteiger partial charge is 0.368 e. The SMILES string of the molecule is CC(=O)NC(CSc1ccc(Cl)cc1)C(=O)NCC(N)=O. The van der Waals surface area contributed by atoms with Crippen LogP contribution in [0.5, 0.6) is 0 Å². The van der Waals surface area contributed by atoms with E-state index >= 15 is 0 Å². The summed E-state index contributed by atoms with van der Waals surface area (Å²) in [6.07, 6.45) is 0. The lowest BCUT2D eigenvalue weighted by atomic mass is 10.3. The first-order valence-corrected chi connectivity index (χ1v) is 7.46. The summed E-state index contributed by atoms with van der Waals surface area (Å²) in [4.78, 5) is 34.6. The number of amides is 3. The van der Waals surface area contributed by atoms with Gasteiger partial charge in [-0.2, -0.15) is 0 Å². The van der Waals surface area contributed by atoms with Crippen molar-refractivity contribution in [1.29, 1.82) is 0 Å². The molecule has 6 nitrogen and oxygen atoms in total. The Morgan fingerprint density at radius 1 is 1.29 bits per heavy atom. The third-order valence-electron chi connectivity index (χ3n) is 2.36. The van der Waals surface area contributed by atoms with Crippen LogP contribution in [0.3, 0.4) is 0 Å². The van der Waals surface area contributed by atoms with Crippen LogP contribution in [0.15, 0.2) is 29.2 Å². The van der Waals surface area contributed by atoms with Crippen LogP contribution in [0.1, 0.15) is 6.92 Å². The highest BCUT2D eigenvalue weighted by atomic mass is 35.5. The molecule has 0 spiro atoms. The average Bonchev–Trinajstić information content (AvgIpc) is 2.42. The molecule has 1 aromatic carbocycles. The van der Waals surface area contributed by atoms with Crippen LogP contribution in [0.4, 0.5) is 0 Å². The standard InChI is InChI=1S/C13H16ClN3O3S/c1-8(18)17-11(13(20)16-6-12(15)19)7-21-10-4-2-9(14)3-5-10/h2-5,11H,6-7H2,1H3,(H2,15,19)(H,16,20)(H,17,18). The Balaban J connectivity index is 2.60. The Bertz CT molecular complexity index is 522. The van der Waals surface area contributed by atoms with Gasteiger partial charge in [-0.1, -0.05) is 11.6 Å². The highest BCUT2D eigenvalue weighted by molar-refractivity contribution is 7.99. The molecule has 0 aliphatic rings. The zero-order valence-electron chi connectivity index (χ0n) is 11.4. The Morgan fingerprint density at radius 2 is 1.90 bits per heavy atom. The minimum atomic E-state index is -0.748. The van der Waals surface area contributed by atoms with Gasteiger partial charge in [0, 0.05) is 22.6 Å². The fourth-order valence-corrected chi connectivity index (χ4v) is 2.48. The van der Waals surface area contributed by atoms with Crippen LogP contribution in [0.2, 0.25) is 5.02 Å². The predicted molar refractivity (Wildman–Crippen MR) is 82.0 cm³/mol. The van der Waals surface area contributed by atoms with Crippen molar-refractivity contribution in [3.63, 3.8) is 0 Å². The Kier molecular flexibility index (Phi) is 7.04. The second-order valence-electron chi connectivity index (χ2n) is 4.20. The van der Waals surface area contributed by atoms with Gasteiger partial charge in [0.05, 0.1) is 6.54 Å². The number of hydrogen-bond acceptors (Lipinski definition) is 4. The maximum absolute atomic E-state index is 11.9. The van der Waals surface area contributed by atoms with E-state index in [4.69, 9.17) is 17.3 Å². The zero-order chi connectivity index (χ0) is 15.8. The van der Waals surface area contributed by atoms with E-state index in [1.54, 1.807) is 12.1 Å². The number of thioether (sulfide) groups is 1. The monoisotopic (exact) mass is 329 g/mol. The Labute approximate surface area is 131 Å². The maximum atomic E-state index is 11.9. The van der Waals surface area contributed by atoms with Crippen LogP contribution in [0.25, 0.3) is 0 Å². The number of nitrogens with two attached hydrogens (primary N) is 1. The molecule has 0 fully saturated rings. The van der Waals surface area contributed by atoms with Crippen molar-refractivity contribution >= 4 is 41.1 Å². The van der Waals surface area contributed by atoms with E-state index in [1.807, 2.05) is 12.1 Å². The van der Waals surface area contributed by atoms with Gasteiger partial charge < -0.3 is 16.4 Å². The number of hydrogen-bond donors (Lipinski definition) is 3. The van der Waals surface area contributed by atoms with Gasteiger partial charge >= 0.3 is 0 Å². The van der Waals surface area contributed by atoms with Crippen LogP contribution >= 0.6 is 23.4 Å². The molecule has 3 amide bonds. The van der Waals surface area contributed by atoms with Gasteiger partial charge in [0.15, 0.2) is 0 Å². The average molecular weight is 330 g/mol. The molecule has 21 heavy (non-hydrogen) atoms. The summed E-state index contributed by atoms with van der Waals surface area (Å²) in [5.41, 5.74) is 4.96. The molecule has 0 aliphatic carbocycles. The van der Waals surface area contributed by atoms with Gasteiger partial charge in [-0.3, -0.25) is 14.4 Å². The third-order valence-corrected chi connectivity index (χ3v) is 3.72. The zero-order valence-corrected chi connectivity index (χ0v) is 13.0. The number of nitrogens with one attached hydrogen (secondary N) is 2. The van der Waals surface area contributed by atoms with Crippen molar-refractivity contribution < 1.29 is 14.4 Å². The molecule has 4 N–H and O–H groups in total. The number of halogens is 1.